The number of nitrogens with one attached hydrogen (secondary N) is 1. The van der Waals surface area contributed by atoms with Crippen molar-refractivity contribution in [3.63, 3.8) is 0 Å². The SMILES string of the molecule is CCCn1nc(C)c(N)c1NCC(C)(O)CCOC. The van der Waals surface area contributed by atoms with Crippen molar-refractivity contribution in [3.05, 3.63) is 5.69 Å². The van der Waals surface area contributed by atoms with E-state index >= 15 is 0 Å². The van der Waals surface area contributed by atoms with Crippen LogP contribution in [0.15, 0.2) is 0 Å². The zero-order valence-corrected chi connectivity index (χ0v) is 12.4. The van der Waals surface area contributed by atoms with Gasteiger partial charge in [0.15, 0.2) is 0 Å². The topological polar surface area (TPSA) is 85.3 Å². The van der Waals surface area contributed by atoms with Crippen LogP contribution in [0.4, 0.5) is 11.5 Å². The lowest BCUT2D eigenvalue weighted by molar-refractivity contribution is 0.0356. The number of hydrogen-bond acceptors (Lipinski definition) is 5. The lowest BCUT2D eigenvalue weighted by Crippen LogP contribution is -2.35. The molecule has 19 heavy (non-hydrogen) atoms. The van der Waals surface area contributed by atoms with E-state index in [1.165, 1.54) is 0 Å². The molecule has 0 aliphatic rings. The first kappa shape index (κ1) is 15.8. The second-order valence-electron chi connectivity index (χ2n) is 5.16. The molecule has 0 amide bonds. The molecule has 0 aliphatic heterocycles. The highest BCUT2D eigenvalue weighted by Crippen LogP contribution is 2.23. The Hall–Kier alpha value is -1.27. The van der Waals surface area contributed by atoms with Gasteiger partial charge in [0.05, 0.1) is 17.0 Å². The Labute approximate surface area is 114 Å². The maximum Gasteiger partial charge on any atom is 0.148 e. The number of hydrogen-bond donors (Lipinski definition) is 3. The zero-order chi connectivity index (χ0) is 14.5. The summed E-state index contributed by atoms with van der Waals surface area (Å²) in [6, 6.07) is 0. The molecule has 110 valence electrons. The van der Waals surface area contributed by atoms with Crippen molar-refractivity contribution in [2.45, 2.75) is 45.8 Å². The highest BCUT2D eigenvalue weighted by molar-refractivity contribution is 5.64. The smallest absolute Gasteiger partial charge is 0.148 e. The van der Waals surface area contributed by atoms with Gasteiger partial charge in [-0.15, -0.1) is 0 Å². The average molecular weight is 270 g/mol. The molecule has 0 bridgehead atoms. The molecule has 6 nitrogen and oxygen atoms in total. The fraction of sp³-hybridized carbons (Fsp3) is 0.769. The summed E-state index contributed by atoms with van der Waals surface area (Å²) in [7, 11) is 1.63. The van der Waals surface area contributed by atoms with Crippen LogP contribution in [0.5, 0.6) is 0 Å². The van der Waals surface area contributed by atoms with Crippen LogP contribution in [0.2, 0.25) is 0 Å². The number of aromatic nitrogens is 2. The van der Waals surface area contributed by atoms with Crippen LogP contribution in [0.25, 0.3) is 0 Å². The normalized spacial score (nSPS) is 14.4. The van der Waals surface area contributed by atoms with E-state index in [2.05, 4.69) is 17.3 Å². The van der Waals surface area contributed by atoms with Crippen molar-refractivity contribution < 1.29 is 9.84 Å². The summed E-state index contributed by atoms with van der Waals surface area (Å²) in [5.41, 5.74) is 6.64. The van der Waals surface area contributed by atoms with Crippen LogP contribution in [-0.2, 0) is 11.3 Å². The number of nitrogen functional groups attached to an aromatic ring is 1. The molecular formula is C13H26N4O2. The Morgan fingerprint density at radius 3 is 2.79 bits per heavy atom. The summed E-state index contributed by atoms with van der Waals surface area (Å²) in [5.74, 6) is 0.789. The first-order valence-corrected chi connectivity index (χ1v) is 6.69. The third-order valence-electron chi connectivity index (χ3n) is 3.09. The number of nitrogens with zero attached hydrogens (tertiary/aromatic N) is 2. The number of methoxy groups -OCH3 is 1. The molecule has 0 saturated heterocycles. The van der Waals surface area contributed by atoms with Crippen molar-refractivity contribution in [2.24, 2.45) is 0 Å². The number of ether oxygens (including phenoxy) is 1. The van der Waals surface area contributed by atoms with Gasteiger partial charge >= 0.3 is 0 Å². The minimum Gasteiger partial charge on any atom is -0.394 e. The van der Waals surface area contributed by atoms with Gasteiger partial charge in [-0.1, -0.05) is 6.92 Å². The molecule has 0 aliphatic carbocycles. The molecule has 1 heterocycles. The molecule has 4 N–H and O–H groups in total. The molecule has 1 atom stereocenters. The number of aliphatic hydroxyl groups is 1. The standard InChI is InChI=1S/C13H26N4O2/c1-5-7-17-12(11(14)10(2)16-17)15-9-13(3,18)6-8-19-4/h15,18H,5-9,14H2,1-4H3. The maximum absolute atomic E-state index is 10.2. The molecule has 1 rings (SSSR count). The lowest BCUT2D eigenvalue weighted by Gasteiger charge is -2.24. The van der Waals surface area contributed by atoms with Crippen molar-refractivity contribution in [1.82, 2.24) is 9.78 Å². The van der Waals surface area contributed by atoms with Crippen molar-refractivity contribution in [3.8, 4) is 0 Å². The minimum atomic E-state index is -0.836. The van der Waals surface area contributed by atoms with E-state index in [1.807, 2.05) is 11.6 Å². The summed E-state index contributed by atoms with van der Waals surface area (Å²) in [6.45, 7) is 7.50. The molecule has 1 aromatic heterocycles. The highest BCUT2D eigenvalue weighted by atomic mass is 16.5. The fourth-order valence-electron chi connectivity index (χ4n) is 1.84. The van der Waals surface area contributed by atoms with Gasteiger partial charge in [0.1, 0.15) is 5.82 Å². The molecule has 1 unspecified atom stereocenters. The van der Waals surface area contributed by atoms with E-state index in [9.17, 15) is 5.11 Å². The molecule has 1 aromatic rings. The Balaban J connectivity index is 2.71. The second-order valence-corrected chi connectivity index (χ2v) is 5.16. The van der Waals surface area contributed by atoms with Crippen LogP contribution < -0.4 is 11.1 Å². The predicted octanol–water partition coefficient (Wildman–Crippen LogP) is 1.38. The monoisotopic (exact) mass is 270 g/mol. The predicted molar refractivity (Wildman–Crippen MR) is 77.3 cm³/mol. The number of nitrogens with two attached hydrogens (primary N) is 1. The molecule has 0 aromatic carbocycles. The Kier molecular flexibility index (Phi) is 5.62. The zero-order valence-electron chi connectivity index (χ0n) is 12.4. The van der Waals surface area contributed by atoms with E-state index < -0.39 is 5.60 Å². The molecule has 0 radical (unpaired) electrons. The van der Waals surface area contributed by atoms with Gasteiger partial charge in [-0.2, -0.15) is 5.10 Å². The van der Waals surface area contributed by atoms with E-state index in [-0.39, 0.29) is 0 Å². The van der Waals surface area contributed by atoms with Crippen LogP contribution in [-0.4, -0.2) is 40.7 Å². The summed E-state index contributed by atoms with van der Waals surface area (Å²) >= 11 is 0. The van der Waals surface area contributed by atoms with Crippen LogP contribution in [0, 0.1) is 6.92 Å². The van der Waals surface area contributed by atoms with Crippen molar-refractivity contribution in [1.29, 1.82) is 0 Å². The molecule has 6 heteroatoms. The van der Waals surface area contributed by atoms with Crippen LogP contribution in [0.3, 0.4) is 0 Å². The second kappa shape index (κ2) is 6.77. The highest BCUT2D eigenvalue weighted by Gasteiger charge is 2.21. The fourth-order valence-corrected chi connectivity index (χ4v) is 1.84. The Morgan fingerprint density at radius 2 is 2.21 bits per heavy atom. The third kappa shape index (κ3) is 4.40. The van der Waals surface area contributed by atoms with E-state index in [0.29, 0.717) is 25.3 Å². The molecule has 0 saturated carbocycles. The average Bonchev–Trinajstić information content (AvgIpc) is 2.61. The molecule has 0 fully saturated rings. The summed E-state index contributed by atoms with van der Waals surface area (Å²) in [5, 5.41) is 17.8. The Bertz CT molecular complexity index is 402. The largest absolute Gasteiger partial charge is 0.394 e. The van der Waals surface area contributed by atoms with Gasteiger partial charge in [-0.3, -0.25) is 0 Å². The first-order valence-electron chi connectivity index (χ1n) is 6.69. The van der Waals surface area contributed by atoms with Gasteiger partial charge in [0.25, 0.3) is 0 Å². The van der Waals surface area contributed by atoms with E-state index in [1.54, 1.807) is 14.0 Å². The molecule has 0 spiro atoms. The third-order valence-corrected chi connectivity index (χ3v) is 3.09. The minimum absolute atomic E-state index is 0.412. The van der Waals surface area contributed by atoms with Gasteiger partial charge in [-0.25, -0.2) is 4.68 Å². The number of rotatable bonds is 8. The summed E-state index contributed by atoms with van der Waals surface area (Å²) in [4.78, 5) is 0. The maximum atomic E-state index is 10.2. The first-order chi connectivity index (χ1) is 8.91. The summed E-state index contributed by atoms with van der Waals surface area (Å²) < 4.78 is 6.85. The summed E-state index contributed by atoms with van der Waals surface area (Å²) in [6.07, 6.45) is 1.55. The number of aryl methyl sites for hydroxylation is 2. The Morgan fingerprint density at radius 1 is 1.53 bits per heavy atom. The van der Waals surface area contributed by atoms with E-state index in [4.69, 9.17) is 10.5 Å². The molecular weight excluding hydrogens is 244 g/mol. The van der Waals surface area contributed by atoms with Gasteiger partial charge in [-0.05, 0) is 20.3 Å². The van der Waals surface area contributed by atoms with E-state index in [0.717, 1.165) is 24.5 Å². The lowest BCUT2D eigenvalue weighted by atomic mass is 10.0. The van der Waals surface area contributed by atoms with Crippen molar-refractivity contribution >= 4 is 11.5 Å². The van der Waals surface area contributed by atoms with Gasteiger partial charge in [0, 0.05) is 33.2 Å². The quantitative estimate of drug-likeness (QED) is 0.664. The number of anilines is 2. The van der Waals surface area contributed by atoms with Crippen molar-refractivity contribution in [2.75, 3.05) is 31.3 Å². The van der Waals surface area contributed by atoms with Gasteiger partial charge < -0.3 is 20.9 Å². The van der Waals surface area contributed by atoms with Crippen LogP contribution in [0.1, 0.15) is 32.4 Å². The van der Waals surface area contributed by atoms with Crippen LogP contribution >= 0.6 is 0 Å². The van der Waals surface area contributed by atoms with Gasteiger partial charge in [0.2, 0.25) is 0 Å².